The maximum Gasteiger partial charge on any atom is 0.225 e. The van der Waals surface area contributed by atoms with Gasteiger partial charge in [0, 0.05) is 18.3 Å². The van der Waals surface area contributed by atoms with Gasteiger partial charge in [0.2, 0.25) is 5.95 Å². The van der Waals surface area contributed by atoms with E-state index in [4.69, 9.17) is 4.98 Å². The van der Waals surface area contributed by atoms with Gasteiger partial charge in [-0.15, -0.1) is 11.3 Å². The van der Waals surface area contributed by atoms with E-state index in [0.717, 1.165) is 41.1 Å². The Bertz CT molecular complexity index is 633. The number of fused-ring (bicyclic) bond motifs is 1. The molecule has 0 atom stereocenters. The molecule has 0 saturated carbocycles. The van der Waals surface area contributed by atoms with Gasteiger partial charge < -0.3 is 10.2 Å². The number of rotatable bonds is 3. The molecule has 2 aromatic rings. The van der Waals surface area contributed by atoms with Crippen molar-refractivity contribution < 1.29 is 0 Å². The number of nitrogens with zero attached hydrogens (tertiary/aromatic N) is 3. The van der Waals surface area contributed by atoms with E-state index in [0.29, 0.717) is 12.0 Å². The monoisotopic (exact) mass is 318 g/mol. The van der Waals surface area contributed by atoms with Gasteiger partial charge >= 0.3 is 0 Å². The van der Waals surface area contributed by atoms with Crippen molar-refractivity contribution in [2.24, 2.45) is 0 Å². The zero-order valence-electron chi connectivity index (χ0n) is 14.0. The van der Waals surface area contributed by atoms with Crippen LogP contribution in [0.3, 0.4) is 0 Å². The van der Waals surface area contributed by atoms with Gasteiger partial charge in [0.1, 0.15) is 0 Å². The summed E-state index contributed by atoms with van der Waals surface area (Å²) in [5, 5.41) is 5.36. The second-order valence-corrected chi connectivity index (χ2v) is 6.75. The van der Waals surface area contributed by atoms with Gasteiger partial charge in [-0.3, -0.25) is 0 Å². The van der Waals surface area contributed by atoms with Gasteiger partial charge in [0.25, 0.3) is 0 Å². The molecular formula is C17H26N4S. The Morgan fingerprint density at radius 1 is 1.36 bits per heavy atom. The van der Waals surface area contributed by atoms with Crippen LogP contribution >= 0.6 is 11.3 Å². The van der Waals surface area contributed by atoms with E-state index in [1.165, 1.54) is 6.42 Å². The van der Waals surface area contributed by atoms with Gasteiger partial charge in [-0.05, 0) is 38.1 Å². The minimum atomic E-state index is 0.325. The first kappa shape index (κ1) is 16.7. The van der Waals surface area contributed by atoms with Crippen molar-refractivity contribution in [3.8, 4) is 0 Å². The second kappa shape index (κ2) is 7.58. The van der Waals surface area contributed by atoms with Crippen LogP contribution in [0.2, 0.25) is 0 Å². The fourth-order valence-corrected chi connectivity index (χ4v) is 3.17. The van der Waals surface area contributed by atoms with E-state index in [1.54, 1.807) is 11.3 Å². The quantitative estimate of drug-likeness (QED) is 0.860. The molecule has 1 N–H and O–H groups in total. The average molecular weight is 318 g/mol. The molecule has 0 unspecified atom stereocenters. The molecule has 0 spiro atoms. The van der Waals surface area contributed by atoms with E-state index in [1.807, 2.05) is 0 Å². The van der Waals surface area contributed by atoms with Crippen molar-refractivity contribution in [3.05, 3.63) is 23.7 Å². The first-order valence-electron chi connectivity index (χ1n) is 8.03. The molecule has 22 heavy (non-hydrogen) atoms. The summed E-state index contributed by atoms with van der Waals surface area (Å²) in [5.41, 5.74) is 2.17. The van der Waals surface area contributed by atoms with Crippen molar-refractivity contribution in [1.82, 2.24) is 9.97 Å². The van der Waals surface area contributed by atoms with Crippen molar-refractivity contribution in [1.29, 1.82) is 0 Å². The van der Waals surface area contributed by atoms with E-state index < -0.39 is 0 Å². The lowest BCUT2D eigenvalue weighted by Gasteiger charge is -2.20. The topological polar surface area (TPSA) is 41.1 Å². The van der Waals surface area contributed by atoms with Crippen LogP contribution in [0.1, 0.15) is 47.0 Å². The molecular weight excluding hydrogens is 292 g/mol. The van der Waals surface area contributed by atoms with Crippen molar-refractivity contribution in [2.45, 2.75) is 53.0 Å². The molecule has 0 bridgehead atoms. The molecule has 0 amide bonds. The third kappa shape index (κ3) is 3.77. The molecule has 2 aromatic heterocycles. The number of nitrogens with one attached hydrogen (secondary N) is 1. The van der Waals surface area contributed by atoms with Gasteiger partial charge in [-0.2, -0.15) is 4.98 Å². The Labute approximate surface area is 137 Å². The highest BCUT2D eigenvalue weighted by atomic mass is 32.1. The Morgan fingerprint density at radius 3 is 2.68 bits per heavy atom. The number of anilines is 2. The number of allylic oxidation sites excluding steroid dienone is 1. The van der Waals surface area contributed by atoms with Crippen LogP contribution in [0.25, 0.3) is 10.2 Å². The first-order valence-corrected chi connectivity index (χ1v) is 8.91. The lowest BCUT2D eigenvalue weighted by Crippen LogP contribution is -2.19. The molecule has 120 valence electrons. The van der Waals surface area contributed by atoms with Crippen molar-refractivity contribution in [3.63, 3.8) is 0 Å². The molecule has 1 aliphatic heterocycles. The van der Waals surface area contributed by atoms with E-state index in [9.17, 15) is 0 Å². The fourth-order valence-electron chi connectivity index (χ4n) is 2.34. The first-order chi connectivity index (χ1) is 10.6. The molecule has 4 nitrogen and oxygen atoms in total. The highest BCUT2D eigenvalue weighted by molar-refractivity contribution is 7.17. The molecule has 1 saturated heterocycles. The smallest absolute Gasteiger partial charge is 0.225 e. The van der Waals surface area contributed by atoms with Crippen molar-refractivity contribution in [2.75, 3.05) is 16.8 Å². The summed E-state index contributed by atoms with van der Waals surface area (Å²) in [6.07, 6.45) is 3.46. The fraction of sp³-hybridized carbons (Fsp3) is 0.529. The number of thiophene rings is 1. The van der Waals surface area contributed by atoms with Gasteiger partial charge in [0.15, 0.2) is 5.82 Å². The molecule has 3 heterocycles. The summed E-state index contributed by atoms with van der Waals surface area (Å²) in [6, 6.07) is 2.38. The molecule has 1 fully saturated rings. The standard InChI is InChI=1S/C14H18N4S.C3H8/c1-9(2)15-14-16-11-6-8-19-12(11)13(17-14)18-7-4-5-10(18)3;1-3-2/h6,8-9H,3-5,7H2,1-2H3,(H,15,16,17);3H2,1-2H3. The lowest BCUT2D eigenvalue weighted by atomic mass is 10.3. The molecule has 0 aliphatic carbocycles. The minimum absolute atomic E-state index is 0.325. The lowest BCUT2D eigenvalue weighted by molar-refractivity contribution is 0.873. The maximum absolute atomic E-state index is 4.70. The normalized spacial score (nSPS) is 14.4. The summed E-state index contributed by atoms with van der Waals surface area (Å²) >= 11 is 1.69. The molecule has 5 heteroatoms. The second-order valence-electron chi connectivity index (χ2n) is 5.83. The zero-order valence-corrected chi connectivity index (χ0v) is 14.8. The van der Waals surface area contributed by atoms with Crippen LogP contribution < -0.4 is 10.2 Å². The Morgan fingerprint density at radius 2 is 2.09 bits per heavy atom. The number of hydrogen-bond acceptors (Lipinski definition) is 5. The molecule has 1 aliphatic rings. The third-order valence-electron chi connectivity index (χ3n) is 3.19. The summed E-state index contributed by atoms with van der Waals surface area (Å²) in [6.45, 7) is 13.6. The number of aromatic nitrogens is 2. The zero-order chi connectivity index (χ0) is 16.1. The van der Waals surface area contributed by atoms with Crippen LogP contribution in [-0.4, -0.2) is 22.6 Å². The largest absolute Gasteiger partial charge is 0.352 e. The highest BCUT2D eigenvalue weighted by Crippen LogP contribution is 2.34. The van der Waals surface area contributed by atoms with Crippen molar-refractivity contribution >= 4 is 33.3 Å². The van der Waals surface area contributed by atoms with Gasteiger partial charge in [-0.1, -0.05) is 26.8 Å². The van der Waals surface area contributed by atoms with Gasteiger partial charge in [-0.25, -0.2) is 4.98 Å². The van der Waals surface area contributed by atoms with E-state index >= 15 is 0 Å². The minimum Gasteiger partial charge on any atom is -0.352 e. The van der Waals surface area contributed by atoms with Gasteiger partial charge in [0.05, 0.1) is 10.2 Å². The van der Waals surface area contributed by atoms with E-state index in [-0.39, 0.29) is 0 Å². The molecule has 3 rings (SSSR count). The Kier molecular flexibility index (Phi) is 5.77. The summed E-state index contributed by atoms with van der Waals surface area (Å²) in [4.78, 5) is 11.5. The van der Waals surface area contributed by atoms with Crippen LogP contribution in [0.5, 0.6) is 0 Å². The summed E-state index contributed by atoms with van der Waals surface area (Å²) in [7, 11) is 0. The third-order valence-corrected chi connectivity index (χ3v) is 4.09. The van der Waals surface area contributed by atoms with Crippen LogP contribution in [0.15, 0.2) is 23.7 Å². The average Bonchev–Trinajstić information content (AvgIpc) is 3.06. The molecule has 0 radical (unpaired) electrons. The van der Waals surface area contributed by atoms with E-state index in [2.05, 4.69) is 60.9 Å². The summed E-state index contributed by atoms with van der Waals surface area (Å²) < 4.78 is 1.15. The highest BCUT2D eigenvalue weighted by Gasteiger charge is 2.22. The number of hydrogen-bond donors (Lipinski definition) is 1. The van der Waals surface area contributed by atoms with Crippen LogP contribution in [-0.2, 0) is 0 Å². The Hall–Kier alpha value is -1.62. The predicted molar refractivity (Wildman–Crippen MR) is 97.9 cm³/mol. The molecule has 0 aromatic carbocycles. The maximum atomic E-state index is 4.70. The van der Waals surface area contributed by atoms with Crippen LogP contribution in [0.4, 0.5) is 11.8 Å². The van der Waals surface area contributed by atoms with Crippen LogP contribution in [0, 0.1) is 0 Å². The Balaban J connectivity index is 0.000000545. The summed E-state index contributed by atoms with van der Waals surface area (Å²) in [5.74, 6) is 1.71. The predicted octanol–water partition coefficient (Wildman–Crippen LogP) is 5.04. The SMILES string of the molecule is C=C1CCCN1c1nc(NC(C)C)nc2ccsc12.CCC.